The highest BCUT2D eigenvalue weighted by Crippen LogP contribution is 2.24. The number of hydrogen-bond donors (Lipinski definition) is 3. The molecule has 1 aromatic heterocycles. The minimum Gasteiger partial charge on any atom is -0.478 e. The molecule has 1 unspecified atom stereocenters. The number of carboxylic acids is 1. The van der Waals surface area contributed by atoms with Crippen LogP contribution in [0.1, 0.15) is 15.9 Å². The number of carboxylic acid groups (broad SMARTS) is 1. The zero-order chi connectivity index (χ0) is 19.4. The van der Waals surface area contributed by atoms with Crippen LogP contribution in [0.2, 0.25) is 5.02 Å². The van der Waals surface area contributed by atoms with E-state index in [1.165, 1.54) is 13.1 Å². The van der Waals surface area contributed by atoms with Crippen LogP contribution < -0.4 is 10.6 Å². The van der Waals surface area contributed by atoms with Crippen LogP contribution >= 0.6 is 11.6 Å². The van der Waals surface area contributed by atoms with Gasteiger partial charge in [0, 0.05) is 23.9 Å². The summed E-state index contributed by atoms with van der Waals surface area (Å²) < 4.78 is 0. The minimum atomic E-state index is -1.14. The third-order valence-corrected chi connectivity index (χ3v) is 4.40. The molecule has 3 rings (SSSR count). The number of aromatic carboxylic acids is 1. The van der Waals surface area contributed by atoms with Gasteiger partial charge in [-0.15, -0.1) is 0 Å². The maximum atomic E-state index is 12.3. The van der Waals surface area contributed by atoms with Crippen molar-refractivity contribution < 1.29 is 14.7 Å². The summed E-state index contributed by atoms with van der Waals surface area (Å²) in [6.07, 6.45) is 0.389. The Morgan fingerprint density at radius 2 is 1.89 bits per heavy atom. The van der Waals surface area contributed by atoms with Gasteiger partial charge in [0.15, 0.2) is 0 Å². The van der Waals surface area contributed by atoms with Crippen molar-refractivity contribution in [2.45, 2.75) is 12.5 Å². The highest BCUT2D eigenvalue weighted by atomic mass is 35.5. The third-order valence-electron chi connectivity index (χ3n) is 4.16. The number of pyridine rings is 1. The maximum Gasteiger partial charge on any atom is 0.339 e. The van der Waals surface area contributed by atoms with E-state index in [0.717, 1.165) is 5.56 Å². The zero-order valence-corrected chi connectivity index (χ0v) is 15.3. The van der Waals surface area contributed by atoms with E-state index in [-0.39, 0.29) is 17.3 Å². The fourth-order valence-electron chi connectivity index (χ4n) is 2.82. The summed E-state index contributed by atoms with van der Waals surface area (Å²) in [4.78, 5) is 28.5. The van der Waals surface area contributed by atoms with Gasteiger partial charge >= 0.3 is 5.97 Å². The predicted octanol–water partition coefficient (Wildman–Crippen LogP) is 3.36. The van der Waals surface area contributed by atoms with Gasteiger partial charge in [0.1, 0.15) is 17.4 Å². The molecule has 6 nitrogen and oxygen atoms in total. The Balaban J connectivity index is 2.00. The molecule has 0 saturated heterocycles. The van der Waals surface area contributed by atoms with Crippen LogP contribution in [0.5, 0.6) is 0 Å². The molecule has 7 heteroatoms. The highest BCUT2D eigenvalue weighted by Gasteiger charge is 2.22. The lowest BCUT2D eigenvalue weighted by atomic mass is 10.0. The van der Waals surface area contributed by atoms with Gasteiger partial charge < -0.3 is 15.7 Å². The Morgan fingerprint density at radius 3 is 2.56 bits per heavy atom. The largest absolute Gasteiger partial charge is 0.478 e. The van der Waals surface area contributed by atoms with E-state index >= 15 is 0 Å². The average molecular weight is 384 g/mol. The minimum absolute atomic E-state index is 0.0215. The molecule has 0 radical (unpaired) electrons. The molecular weight excluding hydrogens is 366 g/mol. The van der Waals surface area contributed by atoms with Crippen molar-refractivity contribution >= 4 is 40.2 Å². The average Bonchev–Trinajstić information content (AvgIpc) is 2.67. The summed E-state index contributed by atoms with van der Waals surface area (Å²) in [7, 11) is 1.54. The lowest BCUT2D eigenvalue weighted by Crippen LogP contribution is -2.40. The van der Waals surface area contributed by atoms with Crippen LogP contribution in [0.25, 0.3) is 10.9 Å². The number of fused-ring (bicyclic) bond motifs is 1. The molecular formula is C20H18ClN3O3. The Hall–Kier alpha value is -3.12. The van der Waals surface area contributed by atoms with Gasteiger partial charge in [-0.1, -0.05) is 41.9 Å². The van der Waals surface area contributed by atoms with Crippen molar-refractivity contribution in [2.75, 3.05) is 12.4 Å². The quantitative estimate of drug-likeness (QED) is 0.607. The Kier molecular flexibility index (Phi) is 5.57. The standard InChI is InChI=1S/C20H18ClN3O3/c1-22-19(25)17(9-12-5-3-2-4-6-12)24-18-15(20(26)27)11-13-10-14(21)7-8-16(13)23-18/h2-8,10-11,17H,9H2,1H3,(H,22,25)(H,23,24)(H,26,27). The normalized spacial score (nSPS) is 11.8. The van der Waals surface area contributed by atoms with Crippen LogP contribution in [-0.4, -0.2) is 35.1 Å². The first-order chi connectivity index (χ1) is 13.0. The van der Waals surface area contributed by atoms with E-state index in [9.17, 15) is 14.7 Å². The number of halogens is 1. The molecule has 1 heterocycles. The van der Waals surface area contributed by atoms with Gasteiger partial charge in [0.05, 0.1) is 5.52 Å². The van der Waals surface area contributed by atoms with E-state index in [2.05, 4.69) is 15.6 Å². The summed E-state index contributed by atoms with van der Waals surface area (Å²) in [5.41, 5.74) is 1.51. The monoisotopic (exact) mass is 383 g/mol. The van der Waals surface area contributed by atoms with Crippen LogP contribution in [0.15, 0.2) is 54.6 Å². The fraction of sp³-hybridized carbons (Fsp3) is 0.150. The molecule has 1 amide bonds. The number of carbonyl (C=O) groups is 2. The molecule has 138 valence electrons. The number of hydrogen-bond acceptors (Lipinski definition) is 4. The molecule has 27 heavy (non-hydrogen) atoms. The first-order valence-electron chi connectivity index (χ1n) is 8.33. The summed E-state index contributed by atoms with van der Waals surface area (Å²) in [5.74, 6) is -1.25. The number of nitrogens with one attached hydrogen (secondary N) is 2. The molecule has 0 spiro atoms. The number of benzene rings is 2. The number of aromatic nitrogens is 1. The van der Waals surface area contributed by atoms with Crippen LogP contribution in [0, 0.1) is 0 Å². The second kappa shape index (κ2) is 8.05. The van der Waals surface area contributed by atoms with Gasteiger partial charge in [0.2, 0.25) is 5.91 Å². The number of likely N-dealkylation sites (N-methyl/N-ethyl adjacent to an activating group) is 1. The number of carbonyl (C=O) groups excluding carboxylic acids is 1. The summed E-state index contributed by atoms with van der Waals surface area (Å²) in [6.45, 7) is 0. The molecule has 0 saturated carbocycles. The van der Waals surface area contributed by atoms with E-state index in [0.29, 0.717) is 22.3 Å². The topological polar surface area (TPSA) is 91.3 Å². The lowest BCUT2D eigenvalue weighted by molar-refractivity contribution is -0.121. The molecule has 3 aromatic rings. The predicted molar refractivity (Wildman–Crippen MR) is 105 cm³/mol. The number of amides is 1. The molecule has 2 aromatic carbocycles. The molecule has 0 aliphatic rings. The number of nitrogens with zero attached hydrogens (tertiary/aromatic N) is 1. The number of rotatable bonds is 6. The van der Waals surface area contributed by atoms with Crippen molar-refractivity contribution in [3.8, 4) is 0 Å². The zero-order valence-electron chi connectivity index (χ0n) is 14.6. The van der Waals surface area contributed by atoms with Crippen molar-refractivity contribution in [1.82, 2.24) is 10.3 Å². The van der Waals surface area contributed by atoms with Crippen molar-refractivity contribution in [1.29, 1.82) is 0 Å². The van der Waals surface area contributed by atoms with Crippen LogP contribution in [-0.2, 0) is 11.2 Å². The second-order valence-electron chi connectivity index (χ2n) is 6.03. The highest BCUT2D eigenvalue weighted by molar-refractivity contribution is 6.31. The maximum absolute atomic E-state index is 12.3. The van der Waals surface area contributed by atoms with Gasteiger partial charge in [-0.25, -0.2) is 9.78 Å². The Labute approximate surface area is 161 Å². The Bertz CT molecular complexity index is 992. The first-order valence-corrected chi connectivity index (χ1v) is 8.71. The van der Waals surface area contributed by atoms with E-state index in [4.69, 9.17) is 11.6 Å². The van der Waals surface area contributed by atoms with Crippen molar-refractivity contribution in [3.05, 3.63) is 70.7 Å². The van der Waals surface area contributed by atoms with E-state index in [1.807, 2.05) is 30.3 Å². The van der Waals surface area contributed by atoms with Gasteiger partial charge in [-0.3, -0.25) is 4.79 Å². The molecule has 1 atom stereocenters. The lowest BCUT2D eigenvalue weighted by Gasteiger charge is -2.19. The number of anilines is 1. The van der Waals surface area contributed by atoms with Gasteiger partial charge in [-0.05, 0) is 29.8 Å². The fourth-order valence-corrected chi connectivity index (χ4v) is 3.00. The van der Waals surface area contributed by atoms with Gasteiger partial charge in [-0.2, -0.15) is 0 Å². The summed E-state index contributed by atoms with van der Waals surface area (Å²) in [6, 6.07) is 15.4. The van der Waals surface area contributed by atoms with Crippen LogP contribution in [0.3, 0.4) is 0 Å². The molecule has 0 fully saturated rings. The first kappa shape index (κ1) is 18.7. The summed E-state index contributed by atoms with van der Waals surface area (Å²) in [5, 5.41) is 16.3. The van der Waals surface area contributed by atoms with E-state index < -0.39 is 12.0 Å². The summed E-state index contributed by atoms with van der Waals surface area (Å²) >= 11 is 5.98. The SMILES string of the molecule is CNC(=O)C(Cc1ccccc1)Nc1nc2ccc(Cl)cc2cc1C(=O)O. The van der Waals surface area contributed by atoms with Crippen molar-refractivity contribution in [3.63, 3.8) is 0 Å². The smallest absolute Gasteiger partial charge is 0.339 e. The third kappa shape index (κ3) is 4.35. The van der Waals surface area contributed by atoms with E-state index in [1.54, 1.807) is 18.2 Å². The molecule has 0 aliphatic heterocycles. The van der Waals surface area contributed by atoms with Crippen LogP contribution in [0.4, 0.5) is 5.82 Å². The van der Waals surface area contributed by atoms with Gasteiger partial charge in [0.25, 0.3) is 0 Å². The molecule has 0 aliphatic carbocycles. The second-order valence-corrected chi connectivity index (χ2v) is 6.46. The molecule has 3 N–H and O–H groups in total. The Morgan fingerprint density at radius 1 is 1.15 bits per heavy atom. The van der Waals surface area contributed by atoms with Crippen molar-refractivity contribution in [2.24, 2.45) is 0 Å². The molecule has 0 bridgehead atoms.